The van der Waals surface area contributed by atoms with Crippen LogP contribution in [0.5, 0.6) is 0 Å². The summed E-state index contributed by atoms with van der Waals surface area (Å²) in [6, 6.07) is 0. The molecule has 1 heterocycles. The first-order valence-electron chi connectivity index (χ1n) is 9.26. The number of rotatable bonds is 2. The maximum absolute atomic E-state index is 13.8. The molecule has 132 valence electrons. The Bertz CT molecular complexity index is 452. The summed E-state index contributed by atoms with van der Waals surface area (Å²) in [5.41, 5.74) is 0.918. The molecule has 3 atom stereocenters. The second kappa shape index (κ2) is 6.78. The van der Waals surface area contributed by atoms with Gasteiger partial charge in [0.1, 0.15) is 0 Å². The lowest BCUT2D eigenvalue weighted by Crippen LogP contribution is -2.43. The summed E-state index contributed by atoms with van der Waals surface area (Å²) in [5.74, 6) is 0.694. The van der Waals surface area contributed by atoms with Crippen molar-refractivity contribution in [2.45, 2.75) is 83.8 Å². The van der Waals surface area contributed by atoms with E-state index in [0.29, 0.717) is 24.7 Å². The van der Waals surface area contributed by atoms with Crippen LogP contribution in [0.2, 0.25) is 0 Å². The largest absolute Gasteiger partial charge is 0.358 e. The maximum Gasteiger partial charge on any atom is 0.358 e. The molecule has 0 aromatic heterocycles. The number of ether oxygens (including phenoxy) is 1. The third-order valence-corrected chi connectivity index (χ3v) is 6.57. The summed E-state index contributed by atoms with van der Waals surface area (Å²) >= 11 is 0. The van der Waals surface area contributed by atoms with Crippen molar-refractivity contribution < 1.29 is 17.9 Å². The van der Waals surface area contributed by atoms with E-state index in [-0.39, 0.29) is 17.8 Å². The van der Waals surface area contributed by atoms with E-state index in [2.05, 4.69) is 0 Å². The van der Waals surface area contributed by atoms with Crippen LogP contribution in [-0.2, 0) is 4.74 Å². The van der Waals surface area contributed by atoms with Gasteiger partial charge < -0.3 is 4.74 Å². The fourth-order valence-corrected chi connectivity index (χ4v) is 4.73. The lowest BCUT2D eigenvalue weighted by atomic mass is 9.69. The predicted octanol–water partition coefficient (Wildman–Crippen LogP) is 6.24. The fourth-order valence-electron chi connectivity index (χ4n) is 4.73. The van der Waals surface area contributed by atoms with E-state index < -0.39 is 12.0 Å². The minimum Gasteiger partial charge on any atom is -0.317 e. The average Bonchev–Trinajstić information content (AvgIpc) is 2.53. The summed E-state index contributed by atoms with van der Waals surface area (Å²) in [5, 5.41) is 0. The zero-order valence-corrected chi connectivity index (χ0v) is 14.3. The minimum absolute atomic E-state index is 0.0904. The van der Waals surface area contributed by atoms with Crippen molar-refractivity contribution in [1.82, 2.24) is 0 Å². The van der Waals surface area contributed by atoms with Crippen LogP contribution in [-0.4, -0.2) is 12.2 Å². The first kappa shape index (κ1) is 17.3. The molecule has 3 unspecified atom stereocenters. The van der Waals surface area contributed by atoms with Gasteiger partial charge in [0, 0.05) is 12.3 Å². The van der Waals surface area contributed by atoms with E-state index >= 15 is 0 Å². The van der Waals surface area contributed by atoms with E-state index in [4.69, 9.17) is 4.74 Å². The van der Waals surface area contributed by atoms with Crippen molar-refractivity contribution in [3.05, 3.63) is 11.4 Å². The molecular formula is C19H29F3O. The Balaban J connectivity index is 1.51. The van der Waals surface area contributed by atoms with Gasteiger partial charge in [-0.25, -0.2) is 4.39 Å². The molecule has 0 bridgehead atoms. The summed E-state index contributed by atoms with van der Waals surface area (Å²) < 4.78 is 46.5. The number of halogens is 3. The molecule has 1 aliphatic heterocycles. The highest BCUT2D eigenvalue weighted by Crippen LogP contribution is 2.46. The monoisotopic (exact) mass is 330 g/mol. The Morgan fingerprint density at radius 1 is 0.913 bits per heavy atom. The lowest BCUT2D eigenvalue weighted by Gasteiger charge is -2.42. The van der Waals surface area contributed by atoms with Crippen molar-refractivity contribution in [3.8, 4) is 0 Å². The third kappa shape index (κ3) is 3.78. The summed E-state index contributed by atoms with van der Waals surface area (Å²) in [6.45, 7) is 3.46. The molecule has 0 N–H and O–H groups in total. The van der Waals surface area contributed by atoms with Crippen molar-refractivity contribution in [1.29, 1.82) is 0 Å². The highest BCUT2D eigenvalue weighted by Gasteiger charge is 2.46. The third-order valence-electron chi connectivity index (χ3n) is 6.57. The molecule has 23 heavy (non-hydrogen) atoms. The van der Waals surface area contributed by atoms with Crippen LogP contribution in [0.15, 0.2) is 11.4 Å². The smallest absolute Gasteiger partial charge is 0.317 e. The SMILES string of the molecule is CC1=C(F)CC(C2CCC(C3CCC(C)C(F)(F)O3)CC2)CC1. The van der Waals surface area contributed by atoms with Crippen LogP contribution in [0.25, 0.3) is 0 Å². The normalized spacial score (nSPS) is 41.9. The second-order valence-corrected chi connectivity index (χ2v) is 8.06. The number of allylic oxidation sites excluding steroid dienone is 2. The zero-order chi connectivity index (χ0) is 16.6. The van der Waals surface area contributed by atoms with Gasteiger partial charge >= 0.3 is 6.11 Å². The second-order valence-electron chi connectivity index (χ2n) is 8.06. The Labute approximate surface area is 137 Å². The average molecular weight is 330 g/mol. The molecule has 0 spiro atoms. The number of hydrogen-bond donors (Lipinski definition) is 0. The van der Waals surface area contributed by atoms with E-state index in [1.807, 2.05) is 6.92 Å². The van der Waals surface area contributed by atoms with Crippen LogP contribution in [0.4, 0.5) is 13.2 Å². The van der Waals surface area contributed by atoms with Gasteiger partial charge in [-0.3, -0.25) is 0 Å². The number of alkyl halides is 2. The van der Waals surface area contributed by atoms with Gasteiger partial charge in [-0.05, 0) is 81.6 Å². The van der Waals surface area contributed by atoms with Gasteiger partial charge in [0.2, 0.25) is 0 Å². The lowest BCUT2D eigenvalue weighted by molar-refractivity contribution is -0.319. The highest BCUT2D eigenvalue weighted by molar-refractivity contribution is 5.10. The quantitative estimate of drug-likeness (QED) is 0.582. The molecule has 1 saturated carbocycles. The minimum atomic E-state index is -2.96. The van der Waals surface area contributed by atoms with Gasteiger partial charge in [0.05, 0.1) is 11.9 Å². The van der Waals surface area contributed by atoms with E-state index in [1.54, 1.807) is 6.92 Å². The molecule has 4 heteroatoms. The molecule has 1 saturated heterocycles. The van der Waals surface area contributed by atoms with Gasteiger partial charge in [-0.15, -0.1) is 0 Å². The summed E-state index contributed by atoms with van der Waals surface area (Å²) in [6.07, 6.45) is 4.63. The molecule has 2 fully saturated rings. The molecule has 0 aromatic carbocycles. The zero-order valence-electron chi connectivity index (χ0n) is 14.3. The standard InChI is InChI=1S/C19H29F3O/c1-12-3-5-16(11-17(12)20)14-6-8-15(9-7-14)18-10-4-13(2)19(21,22)23-18/h13-16,18H,3-11H2,1-2H3. The Morgan fingerprint density at radius 3 is 2.17 bits per heavy atom. The van der Waals surface area contributed by atoms with Crippen LogP contribution in [0.3, 0.4) is 0 Å². The molecule has 2 aliphatic carbocycles. The molecular weight excluding hydrogens is 301 g/mol. The van der Waals surface area contributed by atoms with Crippen molar-refractivity contribution in [3.63, 3.8) is 0 Å². The van der Waals surface area contributed by atoms with Crippen molar-refractivity contribution in [2.24, 2.45) is 23.7 Å². The Kier molecular flexibility index (Phi) is 5.10. The van der Waals surface area contributed by atoms with Crippen molar-refractivity contribution >= 4 is 0 Å². The first-order valence-corrected chi connectivity index (χ1v) is 9.26. The molecule has 3 aliphatic rings. The molecule has 0 aromatic rings. The van der Waals surface area contributed by atoms with Crippen LogP contribution >= 0.6 is 0 Å². The Hall–Kier alpha value is -0.510. The predicted molar refractivity (Wildman–Crippen MR) is 84.8 cm³/mol. The van der Waals surface area contributed by atoms with E-state index in [0.717, 1.165) is 50.5 Å². The highest BCUT2D eigenvalue weighted by atomic mass is 19.3. The molecule has 1 nitrogen and oxygen atoms in total. The van der Waals surface area contributed by atoms with Crippen LogP contribution in [0, 0.1) is 23.7 Å². The molecule has 0 radical (unpaired) electrons. The Morgan fingerprint density at radius 2 is 1.57 bits per heavy atom. The van der Waals surface area contributed by atoms with Crippen LogP contribution in [0.1, 0.15) is 71.6 Å². The first-order chi connectivity index (χ1) is 10.9. The summed E-state index contributed by atoms with van der Waals surface area (Å²) in [7, 11) is 0. The maximum atomic E-state index is 13.8. The van der Waals surface area contributed by atoms with Crippen molar-refractivity contribution in [2.75, 3.05) is 0 Å². The number of hydrogen-bond acceptors (Lipinski definition) is 1. The topological polar surface area (TPSA) is 9.23 Å². The van der Waals surface area contributed by atoms with Gasteiger partial charge in [-0.1, -0.05) is 6.92 Å². The van der Waals surface area contributed by atoms with Crippen LogP contribution < -0.4 is 0 Å². The molecule has 3 rings (SSSR count). The van der Waals surface area contributed by atoms with Gasteiger partial charge in [-0.2, -0.15) is 8.78 Å². The van der Waals surface area contributed by atoms with E-state index in [9.17, 15) is 13.2 Å². The van der Waals surface area contributed by atoms with E-state index in [1.165, 1.54) is 0 Å². The fraction of sp³-hybridized carbons (Fsp3) is 0.895. The van der Waals surface area contributed by atoms with Gasteiger partial charge in [0.15, 0.2) is 0 Å². The molecule has 0 amide bonds. The summed E-state index contributed by atoms with van der Waals surface area (Å²) in [4.78, 5) is 0. The van der Waals surface area contributed by atoms with Gasteiger partial charge in [0.25, 0.3) is 0 Å².